The van der Waals surface area contributed by atoms with Crippen LogP contribution < -0.4 is 10.2 Å². The molecule has 2 amide bonds. The van der Waals surface area contributed by atoms with E-state index in [2.05, 4.69) is 23.5 Å². The summed E-state index contributed by atoms with van der Waals surface area (Å²) in [6, 6.07) is 18.0. The molecular weight excluding hydrogens is 386 g/mol. The number of benzene rings is 2. The topological polar surface area (TPSA) is 52.7 Å². The summed E-state index contributed by atoms with van der Waals surface area (Å²) < 4.78 is 0. The number of fused-ring (bicyclic) bond motifs is 1. The fourth-order valence-corrected chi connectivity index (χ4v) is 4.17. The quantitative estimate of drug-likeness (QED) is 0.792. The van der Waals surface area contributed by atoms with Gasteiger partial charge in [-0.15, -0.1) is 12.4 Å². The molecule has 2 aromatic rings. The van der Waals surface area contributed by atoms with Gasteiger partial charge in [0.05, 0.1) is 12.5 Å². The molecule has 2 aromatic carbocycles. The van der Waals surface area contributed by atoms with Gasteiger partial charge in [0.1, 0.15) is 0 Å². The Morgan fingerprint density at radius 3 is 2.62 bits per heavy atom. The number of hydrogen-bond acceptors (Lipinski definition) is 3. The van der Waals surface area contributed by atoms with E-state index in [0.29, 0.717) is 13.1 Å². The largest absolute Gasteiger partial charge is 0.340 e. The number of piperazine rings is 1. The van der Waals surface area contributed by atoms with Crippen LogP contribution in [0.2, 0.25) is 0 Å². The number of hydrogen-bond donors (Lipinski definition) is 1. The third kappa shape index (κ3) is 4.98. The van der Waals surface area contributed by atoms with Crippen LogP contribution in [0.1, 0.15) is 24.0 Å². The average molecular weight is 414 g/mol. The molecule has 0 radical (unpaired) electrons. The van der Waals surface area contributed by atoms with E-state index in [4.69, 9.17) is 0 Å². The molecule has 2 aliphatic rings. The first-order chi connectivity index (χ1) is 13.7. The Morgan fingerprint density at radius 1 is 1.03 bits per heavy atom. The first-order valence-corrected chi connectivity index (χ1v) is 10.2. The number of nitrogens with zero attached hydrogens (tertiary/aromatic N) is 2. The number of rotatable bonds is 6. The Kier molecular flexibility index (Phi) is 7.29. The van der Waals surface area contributed by atoms with Crippen molar-refractivity contribution in [1.29, 1.82) is 0 Å². The number of amides is 2. The molecule has 154 valence electrons. The number of aryl methyl sites for hydroxylation is 1. The average Bonchev–Trinajstić information content (AvgIpc) is 3.16. The first kappa shape index (κ1) is 21.3. The molecule has 1 unspecified atom stereocenters. The summed E-state index contributed by atoms with van der Waals surface area (Å²) in [4.78, 5) is 29.4. The number of anilines is 1. The highest BCUT2D eigenvalue weighted by molar-refractivity contribution is 5.98. The van der Waals surface area contributed by atoms with E-state index in [1.165, 1.54) is 11.1 Å². The zero-order valence-corrected chi connectivity index (χ0v) is 17.4. The number of nitrogens with one attached hydrogen (secondary N) is 1. The van der Waals surface area contributed by atoms with Crippen molar-refractivity contribution in [3.63, 3.8) is 0 Å². The molecule has 5 nitrogen and oxygen atoms in total. The smallest absolute Gasteiger partial charge is 0.240 e. The fraction of sp³-hybridized carbons (Fsp3) is 0.391. The monoisotopic (exact) mass is 413 g/mol. The maximum atomic E-state index is 12.9. The molecule has 2 heterocycles. The van der Waals surface area contributed by atoms with E-state index in [1.807, 2.05) is 46.2 Å². The van der Waals surface area contributed by atoms with Gasteiger partial charge in [-0.3, -0.25) is 9.59 Å². The summed E-state index contributed by atoms with van der Waals surface area (Å²) in [6.07, 6.45) is 3.02. The zero-order chi connectivity index (χ0) is 19.3. The van der Waals surface area contributed by atoms with Gasteiger partial charge in [0.2, 0.25) is 11.8 Å². The minimum absolute atomic E-state index is 0. The van der Waals surface area contributed by atoms with Gasteiger partial charge in [0.15, 0.2) is 0 Å². The van der Waals surface area contributed by atoms with Crippen LogP contribution in [-0.2, 0) is 22.4 Å². The Hall–Kier alpha value is -2.37. The van der Waals surface area contributed by atoms with Gasteiger partial charge in [-0.05, 0) is 36.5 Å². The second-order valence-electron chi connectivity index (χ2n) is 7.55. The summed E-state index contributed by atoms with van der Waals surface area (Å²) in [5.41, 5.74) is 3.50. The van der Waals surface area contributed by atoms with Gasteiger partial charge in [0, 0.05) is 31.9 Å². The molecule has 0 aromatic heterocycles. The molecule has 0 saturated carbocycles. The van der Waals surface area contributed by atoms with E-state index < -0.39 is 6.04 Å². The molecule has 0 bridgehead atoms. The summed E-state index contributed by atoms with van der Waals surface area (Å²) in [5, 5.41) is 3.25. The first-order valence-electron chi connectivity index (χ1n) is 10.2. The highest BCUT2D eigenvalue weighted by Gasteiger charge is 2.33. The van der Waals surface area contributed by atoms with Crippen LogP contribution in [0, 0.1) is 0 Å². The Balaban J connectivity index is 0.00000240. The normalized spacial score (nSPS) is 18.3. The molecule has 0 aliphatic carbocycles. The number of carbonyl (C=O) groups is 2. The van der Waals surface area contributed by atoms with Gasteiger partial charge in [-0.1, -0.05) is 48.5 Å². The molecular formula is C23H28ClN3O2. The minimum Gasteiger partial charge on any atom is -0.340 e. The molecule has 2 aliphatic heterocycles. The lowest BCUT2D eigenvalue weighted by Crippen LogP contribution is -2.56. The molecule has 1 N–H and O–H groups in total. The van der Waals surface area contributed by atoms with E-state index >= 15 is 0 Å². The lowest BCUT2D eigenvalue weighted by molar-refractivity contribution is -0.137. The summed E-state index contributed by atoms with van der Waals surface area (Å²) in [7, 11) is 0. The third-order valence-corrected chi connectivity index (χ3v) is 5.69. The Morgan fingerprint density at radius 2 is 1.79 bits per heavy atom. The van der Waals surface area contributed by atoms with E-state index in [9.17, 15) is 9.59 Å². The summed E-state index contributed by atoms with van der Waals surface area (Å²) in [5.74, 6) is 0.0853. The van der Waals surface area contributed by atoms with Crippen LogP contribution in [0.5, 0.6) is 0 Å². The lowest BCUT2D eigenvalue weighted by atomic mass is 10.1. The van der Waals surface area contributed by atoms with Crippen LogP contribution >= 0.6 is 12.4 Å². The third-order valence-electron chi connectivity index (χ3n) is 5.69. The minimum atomic E-state index is -0.411. The van der Waals surface area contributed by atoms with Crippen LogP contribution in [0.25, 0.3) is 0 Å². The molecule has 1 atom stereocenters. The van der Waals surface area contributed by atoms with Crippen molar-refractivity contribution >= 4 is 29.9 Å². The van der Waals surface area contributed by atoms with Crippen LogP contribution in [0.15, 0.2) is 54.6 Å². The van der Waals surface area contributed by atoms with Crippen LogP contribution in [0.3, 0.4) is 0 Å². The van der Waals surface area contributed by atoms with Gasteiger partial charge < -0.3 is 15.1 Å². The van der Waals surface area contributed by atoms with Gasteiger partial charge in [-0.2, -0.15) is 0 Å². The number of carbonyl (C=O) groups excluding carboxylic acids is 2. The van der Waals surface area contributed by atoms with Crippen molar-refractivity contribution in [2.24, 2.45) is 0 Å². The SMILES string of the molecule is Cl.O=C1C(CC(=O)N2CCc3ccccc32)NCCN1CCCc1ccccc1. The van der Waals surface area contributed by atoms with Crippen LogP contribution in [0.4, 0.5) is 5.69 Å². The highest BCUT2D eigenvalue weighted by Crippen LogP contribution is 2.28. The molecule has 29 heavy (non-hydrogen) atoms. The molecule has 1 fully saturated rings. The zero-order valence-electron chi connectivity index (χ0n) is 16.5. The number of para-hydroxylation sites is 1. The van der Waals surface area contributed by atoms with E-state index in [0.717, 1.165) is 38.0 Å². The number of halogens is 1. The van der Waals surface area contributed by atoms with Gasteiger partial charge >= 0.3 is 0 Å². The molecule has 0 spiro atoms. The van der Waals surface area contributed by atoms with Crippen molar-refractivity contribution in [1.82, 2.24) is 10.2 Å². The van der Waals surface area contributed by atoms with Crippen LogP contribution in [-0.4, -0.2) is 48.9 Å². The summed E-state index contributed by atoms with van der Waals surface area (Å²) in [6.45, 7) is 2.91. The maximum Gasteiger partial charge on any atom is 0.240 e. The van der Waals surface area contributed by atoms with Gasteiger partial charge in [-0.25, -0.2) is 0 Å². The molecule has 6 heteroatoms. The second kappa shape index (κ2) is 9.90. The van der Waals surface area contributed by atoms with Crippen molar-refractivity contribution in [3.05, 3.63) is 65.7 Å². The predicted octanol–water partition coefficient (Wildman–Crippen LogP) is 2.82. The Labute approximate surface area is 178 Å². The maximum absolute atomic E-state index is 12.9. The standard InChI is InChI=1S/C23H27N3O2.ClH/c27-22(26-15-12-19-10-4-5-11-21(19)26)17-20-23(28)25(16-13-24-20)14-6-9-18-7-2-1-3-8-18;/h1-5,7-8,10-11,20,24H,6,9,12-17H2;1H. The van der Waals surface area contributed by atoms with E-state index in [-0.39, 0.29) is 30.6 Å². The second-order valence-corrected chi connectivity index (χ2v) is 7.55. The lowest BCUT2D eigenvalue weighted by Gasteiger charge is -2.33. The van der Waals surface area contributed by atoms with Crippen molar-refractivity contribution < 1.29 is 9.59 Å². The Bertz CT molecular complexity index is 843. The van der Waals surface area contributed by atoms with Crippen molar-refractivity contribution in [3.8, 4) is 0 Å². The fourth-order valence-electron chi connectivity index (χ4n) is 4.17. The predicted molar refractivity (Wildman–Crippen MR) is 117 cm³/mol. The van der Waals surface area contributed by atoms with Crippen molar-refractivity contribution in [2.75, 3.05) is 31.1 Å². The molecule has 1 saturated heterocycles. The van der Waals surface area contributed by atoms with Gasteiger partial charge in [0.25, 0.3) is 0 Å². The highest BCUT2D eigenvalue weighted by atomic mass is 35.5. The molecule has 4 rings (SSSR count). The van der Waals surface area contributed by atoms with Crippen molar-refractivity contribution in [2.45, 2.75) is 31.7 Å². The summed E-state index contributed by atoms with van der Waals surface area (Å²) >= 11 is 0. The van der Waals surface area contributed by atoms with E-state index in [1.54, 1.807) is 0 Å².